The van der Waals surface area contributed by atoms with E-state index >= 15 is 0 Å². The van der Waals surface area contributed by atoms with Crippen LogP contribution in [0.2, 0.25) is 0 Å². The summed E-state index contributed by atoms with van der Waals surface area (Å²) in [6, 6.07) is 13.1. The van der Waals surface area contributed by atoms with Gasteiger partial charge in [0.2, 0.25) is 5.91 Å². The van der Waals surface area contributed by atoms with Crippen molar-refractivity contribution in [1.82, 2.24) is 25.2 Å². The molecule has 0 saturated carbocycles. The molecule has 146 valence electrons. The van der Waals surface area contributed by atoms with E-state index in [-0.39, 0.29) is 30.3 Å². The molecule has 1 aliphatic rings. The lowest BCUT2D eigenvalue weighted by Gasteiger charge is -2.28. The molecule has 0 unspecified atom stereocenters. The number of nitrogens with one attached hydrogen (secondary N) is 3. The average molecular weight is 405 g/mol. The van der Waals surface area contributed by atoms with Gasteiger partial charge in [-0.25, -0.2) is 0 Å². The smallest absolute Gasteiger partial charge is 0.237 e. The highest BCUT2D eigenvalue weighted by molar-refractivity contribution is 7.13. The standard InChI is InChI=1S/C21H19N5O2S/c1-11-19-14(12-5-2-3-7-15(12)24-19)9-17(23-11)21(28)22-10-18(27)13-6-4-8-16-20(13)29-26-25-16/h2-8,11,17,23-24H,9-10H2,1H3,(H,22,28)/t11-,17-/m0/s1. The monoisotopic (exact) mass is 405 g/mol. The molecular formula is C21H19N5O2S. The number of carbonyl (C=O) groups is 2. The maximum absolute atomic E-state index is 12.8. The van der Waals surface area contributed by atoms with E-state index in [0.29, 0.717) is 17.5 Å². The Kier molecular flexibility index (Phi) is 4.37. The maximum atomic E-state index is 12.8. The largest absolute Gasteiger partial charge is 0.357 e. The van der Waals surface area contributed by atoms with Crippen molar-refractivity contribution in [2.75, 3.05) is 6.54 Å². The quantitative estimate of drug-likeness (QED) is 0.454. The number of amides is 1. The van der Waals surface area contributed by atoms with Gasteiger partial charge < -0.3 is 10.3 Å². The third kappa shape index (κ3) is 3.10. The van der Waals surface area contributed by atoms with Gasteiger partial charge in [0.15, 0.2) is 5.78 Å². The number of ketones is 1. The predicted molar refractivity (Wildman–Crippen MR) is 112 cm³/mol. The fraction of sp³-hybridized carbons (Fsp3) is 0.238. The molecule has 0 bridgehead atoms. The third-order valence-electron chi connectivity index (χ3n) is 5.45. The highest BCUT2D eigenvalue weighted by atomic mass is 32.1. The second kappa shape index (κ2) is 7.06. The fourth-order valence-corrected chi connectivity index (χ4v) is 4.73. The van der Waals surface area contributed by atoms with Crippen molar-refractivity contribution in [3.63, 3.8) is 0 Å². The minimum atomic E-state index is -0.384. The molecule has 0 radical (unpaired) electrons. The van der Waals surface area contributed by atoms with Gasteiger partial charge >= 0.3 is 0 Å². The lowest BCUT2D eigenvalue weighted by Crippen LogP contribution is -2.49. The van der Waals surface area contributed by atoms with Gasteiger partial charge in [-0.1, -0.05) is 28.8 Å². The summed E-state index contributed by atoms with van der Waals surface area (Å²) in [5.74, 6) is -0.317. The molecule has 2 aromatic carbocycles. The van der Waals surface area contributed by atoms with Gasteiger partial charge in [-0.2, -0.15) is 0 Å². The minimum Gasteiger partial charge on any atom is -0.357 e. The Labute approximate surface area is 170 Å². The van der Waals surface area contributed by atoms with E-state index in [1.165, 1.54) is 17.1 Å². The molecule has 1 amide bonds. The SMILES string of the molecule is C[C@@H]1N[C@H](C(=O)NCC(=O)c2cccc3nnsc23)Cc2c1[nH]c1ccccc21. The molecule has 1 aliphatic heterocycles. The molecule has 7 nitrogen and oxygen atoms in total. The number of H-pyrrole nitrogens is 1. The van der Waals surface area contributed by atoms with Gasteiger partial charge in [0.25, 0.3) is 0 Å². The number of hydrogen-bond donors (Lipinski definition) is 3. The molecular weight excluding hydrogens is 386 g/mol. The molecule has 4 aromatic rings. The van der Waals surface area contributed by atoms with Crippen LogP contribution < -0.4 is 10.6 Å². The van der Waals surface area contributed by atoms with Crippen LogP contribution in [0.25, 0.3) is 21.1 Å². The number of para-hydroxylation sites is 1. The summed E-state index contributed by atoms with van der Waals surface area (Å²) >= 11 is 1.19. The van der Waals surface area contributed by atoms with Crippen LogP contribution in [0.5, 0.6) is 0 Å². The summed E-state index contributed by atoms with van der Waals surface area (Å²) in [6.45, 7) is 1.99. The number of fused-ring (bicyclic) bond motifs is 4. The highest BCUT2D eigenvalue weighted by Crippen LogP contribution is 2.31. The number of aromatic nitrogens is 3. The minimum absolute atomic E-state index is 0.0228. The van der Waals surface area contributed by atoms with Gasteiger partial charge in [0, 0.05) is 28.2 Å². The van der Waals surface area contributed by atoms with Crippen LogP contribution in [-0.2, 0) is 11.2 Å². The number of benzene rings is 2. The number of aromatic amines is 1. The van der Waals surface area contributed by atoms with E-state index in [0.717, 1.165) is 21.3 Å². The van der Waals surface area contributed by atoms with Crippen LogP contribution in [0, 0.1) is 0 Å². The first-order chi connectivity index (χ1) is 14.1. The van der Waals surface area contributed by atoms with Crippen LogP contribution in [0.15, 0.2) is 42.5 Å². The molecule has 0 aliphatic carbocycles. The normalized spacial score (nSPS) is 18.7. The van der Waals surface area contributed by atoms with Gasteiger partial charge in [0.1, 0.15) is 5.52 Å². The van der Waals surface area contributed by atoms with E-state index in [1.54, 1.807) is 12.1 Å². The Hall–Kier alpha value is -3.10. The summed E-state index contributed by atoms with van der Waals surface area (Å²) in [5.41, 5.74) is 4.60. The molecule has 8 heteroatoms. The highest BCUT2D eigenvalue weighted by Gasteiger charge is 2.31. The second-order valence-electron chi connectivity index (χ2n) is 7.28. The van der Waals surface area contributed by atoms with Crippen molar-refractivity contribution in [2.24, 2.45) is 0 Å². The fourth-order valence-electron chi connectivity index (χ4n) is 4.04. The van der Waals surface area contributed by atoms with E-state index in [9.17, 15) is 9.59 Å². The molecule has 0 spiro atoms. The lowest BCUT2D eigenvalue weighted by atomic mass is 9.94. The van der Waals surface area contributed by atoms with Crippen molar-refractivity contribution in [2.45, 2.75) is 25.4 Å². The first-order valence-corrected chi connectivity index (χ1v) is 10.3. The zero-order valence-corrected chi connectivity index (χ0v) is 16.5. The summed E-state index contributed by atoms with van der Waals surface area (Å²) < 4.78 is 4.65. The molecule has 0 saturated heterocycles. The number of rotatable bonds is 4. The maximum Gasteiger partial charge on any atom is 0.237 e. The van der Waals surface area contributed by atoms with Crippen LogP contribution in [0.1, 0.15) is 34.6 Å². The Balaban J connectivity index is 1.31. The number of hydrogen-bond acceptors (Lipinski definition) is 6. The van der Waals surface area contributed by atoms with Gasteiger partial charge in [-0.05, 0) is 48.6 Å². The summed E-state index contributed by atoms with van der Waals surface area (Å²) in [6.07, 6.45) is 0.581. The van der Waals surface area contributed by atoms with Crippen LogP contribution in [-0.4, -0.2) is 38.8 Å². The van der Waals surface area contributed by atoms with Crippen molar-refractivity contribution >= 4 is 44.3 Å². The van der Waals surface area contributed by atoms with E-state index in [1.807, 2.05) is 31.2 Å². The van der Waals surface area contributed by atoms with E-state index in [2.05, 4.69) is 31.3 Å². The van der Waals surface area contributed by atoms with Crippen molar-refractivity contribution in [1.29, 1.82) is 0 Å². The molecule has 0 fully saturated rings. The average Bonchev–Trinajstić information content (AvgIpc) is 3.36. The van der Waals surface area contributed by atoms with Crippen LogP contribution in [0.3, 0.4) is 0 Å². The molecule has 3 N–H and O–H groups in total. The van der Waals surface area contributed by atoms with Crippen LogP contribution in [0.4, 0.5) is 0 Å². The Bertz CT molecular complexity index is 1240. The zero-order valence-electron chi connectivity index (χ0n) is 15.7. The first-order valence-electron chi connectivity index (χ1n) is 9.49. The van der Waals surface area contributed by atoms with E-state index < -0.39 is 0 Å². The molecule has 2 aromatic heterocycles. The zero-order chi connectivity index (χ0) is 20.0. The van der Waals surface area contributed by atoms with Gasteiger partial charge in [0.05, 0.1) is 17.3 Å². The molecule has 3 heterocycles. The van der Waals surface area contributed by atoms with Crippen molar-refractivity contribution in [3.8, 4) is 0 Å². The summed E-state index contributed by atoms with van der Waals surface area (Å²) in [7, 11) is 0. The molecule has 2 atom stereocenters. The predicted octanol–water partition coefficient (Wildman–Crippen LogP) is 2.75. The number of carbonyl (C=O) groups excluding carboxylic acids is 2. The molecule has 5 rings (SSSR count). The van der Waals surface area contributed by atoms with Crippen LogP contribution >= 0.6 is 11.5 Å². The van der Waals surface area contributed by atoms with E-state index in [4.69, 9.17) is 0 Å². The van der Waals surface area contributed by atoms with Gasteiger partial charge in [-0.15, -0.1) is 5.10 Å². The number of Topliss-reactive ketones (excluding diaryl/α,β-unsaturated/α-hetero) is 1. The second-order valence-corrected chi connectivity index (χ2v) is 8.03. The molecule has 29 heavy (non-hydrogen) atoms. The van der Waals surface area contributed by atoms with Crippen molar-refractivity contribution < 1.29 is 9.59 Å². The summed E-state index contributed by atoms with van der Waals surface area (Å²) in [4.78, 5) is 28.9. The van der Waals surface area contributed by atoms with Gasteiger partial charge in [-0.3, -0.25) is 14.9 Å². The topological polar surface area (TPSA) is 99.8 Å². The number of nitrogens with zero attached hydrogens (tertiary/aromatic N) is 2. The Morgan fingerprint density at radius 2 is 2.07 bits per heavy atom. The summed E-state index contributed by atoms with van der Waals surface area (Å²) in [5, 5.41) is 11.3. The first kappa shape index (κ1) is 18.0. The van der Waals surface area contributed by atoms with Crippen molar-refractivity contribution in [3.05, 3.63) is 59.3 Å². The Morgan fingerprint density at radius 1 is 1.21 bits per heavy atom. The third-order valence-corrected chi connectivity index (χ3v) is 6.23. The Morgan fingerprint density at radius 3 is 2.97 bits per heavy atom. The lowest BCUT2D eigenvalue weighted by molar-refractivity contribution is -0.123.